The summed E-state index contributed by atoms with van der Waals surface area (Å²) in [6, 6.07) is 6.46. The molecule has 1 aromatic heterocycles. The highest BCUT2D eigenvalue weighted by Crippen LogP contribution is 2.38. The first-order chi connectivity index (χ1) is 13.5. The van der Waals surface area contributed by atoms with Gasteiger partial charge in [0.05, 0.1) is 12.3 Å². The second-order valence-corrected chi connectivity index (χ2v) is 9.27. The summed E-state index contributed by atoms with van der Waals surface area (Å²) in [5, 5.41) is 12.1. The van der Waals surface area contributed by atoms with Gasteiger partial charge in [-0.05, 0) is 63.6 Å². The molecule has 1 saturated carbocycles. The third-order valence-electron chi connectivity index (χ3n) is 5.83. The van der Waals surface area contributed by atoms with Crippen molar-refractivity contribution in [3.63, 3.8) is 0 Å². The van der Waals surface area contributed by atoms with E-state index in [9.17, 15) is 9.50 Å². The minimum Gasteiger partial charge on any atom is -0.490 e. The third kappa shape index (κ3) is 4.73. The zero-order valence-electron chi connectivity index (χ0n) is 16.5. The molecule has 4 nitrogen and oxygen atoms in total. The van der Waals surface area contributed by atoms with Crippen molar-refractivity contribution in [2.24, 2.45) is 5.92 Å². The van der Waals surface area contributed by atoms with E-state index in [1.54, 1.807) is 29.5 Å². The lowest BCUT2D eigenvalue weighted by atomic mass is 9.96. The van der Waals surface area contributed by atoms with E-state index in [-0.39, 0.29) is 11.6 Å². The van der Waals surface area contributed by atoms with Crippen molar-refractivity contribution >= 4 is 11.3 Å². The minimum atomic E-state index is -0.821. The predicted octanol–water partition coefficient (Wildman–Crippen LogP) is 4.30. The van der Waals surface area contributed by atoms with Gasteiger partial charge in [0.1, 0.15) is 10.6 Å². The Balaban J connectivity index is 1.36. The van der Waals surface area contributed by atoms with E-state index in [1.165, 1.54) is 25.5 Å². The van der Waals surface area contributed by atoms with Gasteiger partial charge < -0.3 is 14.7 Å². The first kappa shape index (κ1) is 19.8. The Kier molecular flexibility index (Phi) is 5.99. The zero-order chi connectivity index (χ0) is 19.6. The third-order valence-corrected chi connectivity index (χ3v) is 7.24. The number of halogens is 1. The summed E-state index contributed by atoms with van der Waals surface area (Å²) in [5.41, 5.74) is 0.128. The van der Waals surface area contributed by atoms with Crippen molar-refractivity contribution in [2.75, 3.05) is 26.2 Å². The van der Waals surface area contributed by atoms with Crippen molar-refractivity contribution in [1.82, 2.24) is 9.88 Å². The minimum absolute atomic E-state index is 0.281. The van der Waals surface area contributed by atoms with Crippen molar-refractivity contribution in [3.05, 3.63) is 45.7 Å². The number of aliphatic hydroxyl groups is 1. The molecule has 0 amide bonds. The van der Waals surface area contributed by atoms with Crippen molar-refractivity contribution in [1.29, 1.82) is 0 Å². The van der Waals surface area contributed by atoms with Gasteiger partial charge in [-0.3, -0.25) is 0 Å². The van der Waals surface area contributed by atoms with Crippen molar-refractivity contribution in [3.8, 4) is 5.75 Å². The zero-order valence-corrected chi connectivity index (χ0v) is 17.3. The number of aryl methyl sites for hydroxylation is 1. The highest BCUT2D eigenvalue weighted by Gasteiger charge is 2.36. The molecule has 0 spiro atoms. The lowest BCUT2D eigenvalue weighted by molar-refractivity contribution is 0.0208. The van der Waals surface area contributed by atoms with Crippen LogP contribution < -0.4 is 4.74 Å². The van der Waals surface area contributed by atoms with E-state index in [4.69, 9.17) is 9.72 Å². The molecular weight excluding hydrogens is 375 g/mol. The van der Waals surface area contributed by atoms with Crippen LogP contribution in [0.3, 0.4) is 0 Å². The molecule has 2 heterocycles. The summed E-state index contributed by atoms with van der Waals surface area (Å²) >= 11 is 1.59. The van der Waals surface area contributed by atoms with Crippen LogP contribution in [0, 0.1) is 18.7 Å². The van der Waals surface area contributed by atoms with Crippen molar-refractivity contribution in [2.45, 2.75) is 51.0 Å². The van der Waals surface area contributed by atoms with Gasteiger partial charge in [-0.15, -0.1) is 11.3 Å². The molecule has 4 rings (SSSR count). The van der Waals surface area contributed by atoms with Crippen LogP contribution in [0.15, 0.2) is 24.3 Å². The molecule has 152 valence electrons. The molecule has 1 aliphatic heterocycles. The number of likely N-dealkylation sites (tertiary alicyclic amines) is 1. The normalized spacial score (nSPS) is 23.5. The number of hydrogen-bond donors (Lipinski definition) is 1. The largest absolute Gasteiger partial charge is 0.490 e. The lowest BCUT2D eigenvalue weighted by Crippen LogP contribution is -2.30. The van der Waals surface area contributed by atoms with E-state index in [1.807, 2.05) is 6.92 Å². The molecule has 1 aromatic carbocycles. The van der Waals surface area contributed by atoms with Crippen LogP contribution in [0.25, 0.3) is 0 Å². The molecule has 6 heteroatoms. The first-order valence-electron chi connectivity index (χ1n) is 10.3. The van der Waals surface area contributed by atoms with Crippen LogP contribution in [-0.4, -0.2) is 41.2 Å². The fraction of sp³-hybridized carbons (Fsp3) is 0.591. The maximum absolute atomic E-state index is 13.7. The van der Waals surface area contributed by atoms with Gasteiger partial charge in [-0.2, -0.15) is 0 Å². The molecule has 1 atom stereocenters. The number of hydrogen-bond acceptors (Lipinski definition) is 5. The molecule has 1 saturated heterocycles. The summed E-state index contributed by atoms with van der Waals surface area (Å²) in [4.78, 5) is 8.33. The fourth-order valence-corrected chi connectivity index (χ4v) is 5.10. The Morgan fingerprint density at radius 3 is 2.89 bits per heavy atom. The molecule has 28 heavy (non-hydrogen) atoms. The van der Waals surface area contributed by atoms with E-state index >= 15 is 0 Å². The van der Waals surface area contributed by atoms with E-state index in [2.05, 4.69) is 4.90 Å². The number of ether oxygens (including phenoxy) is 1. The second-order valence-electron chi connectivity index (χ2n) is 8.19. The Morgan fingerprint density at radius 2 is 2.11 bits per heavy atom. The topological polar surface area (TPSA) is 45.6 Å². The summed E-state index contributed by atoms with van der Waals surface area (Å²) in [6.07, 6.45) is 5.93. The molecule has 1 N–H and O–H groups in total. The molecule has 0 radical (unpaired) electrons. The van der Waals surface area contributed by atoms with E-state index in [0.29, 0.717) is 13.0 Å². The molecule has 2 fully saturated rings. The molecule has 0 bridgehead atoms. The number of benzene rings is 1. The average Bonchev–Trinajstić information content (AvgIpc) is 3.44. The van der Waals surface area contributed by atoms with Gasteiger partial charge in [0, 0.05) is 24.4 Å². The Bertz CT molecular complexity index is 808. The average molecular weight is 405 g/mol. The molecule has 2 aliphatic rings. The van der Waals surface area contributed by atoms with Crippen LogP contribution in [0.1, 0.15) is 47.7 Å². The number of nitrogens with zero attached hydrogens (tertiary/aromatic N) is 2. The van der Waals surface area contributed by atoms with Crippen LogP contribution in [0.5, 0.6) is 5.75 Å². The number of aromatic nitrogens is 1. The standard InChI is InChI=1S/C22H29FN2O2S/c1-16-20(9-14-27-19-6-3-2-5-18(19)23)28-21(24-16)22(26)10-4-12-25(13-11-22)15-17-7-8-17/h2-3,5-6,17,26H,4,7-15H2,1H3. The molecule has 1 unspecified atom stereocenters. The van der Waals surface area contributed by atoms with Crippen LogP contribution in [-0.2, 0) is 12.0 Å². The Morgan fingerprint density at radius 1 is 1.29 bits per heavy atom. The summed E-state index contributed by atoms with van der Waals surface area (Å²) in [6.45, 7) is 5.59. The van der Waals surface area contributed by atoms with Gasteiger partial charge in [-0.1, -0.05) is 12.1 Å². The van der Waals surface area contributed by atoms with Gasteiger partial charge in [0.25, 0.3) is 0 Å². The lowest BCUT2D eigenvalue weighted by Gasteiger charge is -2.24. The van der Waals surface area contributed by atoms with Gasteiger partial charge in [0.2, 0.25) is 0 Å². The first-order valence-corrected chi connectivity index (χ1v) is 11.1. The van der Waals surface area contributed by atoms with Crippen LogP contribution >= 0.6 is 11.3 Å². The highest BCUT2D eigenvalue weighted by molar-refractivity contribution is 7.11. The SMILES string of the molecule is Cc1nc(C2(O)CCCN(CC3CC3)CC2)sc1CCOc1ccccc1F. The van der Waals surface area contributed by atoms with E-state index < -0.39 is 5.60 Å². The quantitative estimate of drug-likeness (QED) is 0.748. The number of rotatable bonds is 7. The Hall–Kier alpha value is -1.50. The number of thiazole rings is 1. The highest BCUT2D eigenvalue weighted by atomic mass is 32.1. The Labute approximate surface area is 170 Å². The van der Waals surface area contributed by atoms with Crippen molar-refractivity contribution < 1.29 is 14.2 Å². The smallest absolute Gasteiger partial charge is 0.165 e. The summed E-state index contributed by atoms with van der Waals surface area (Å²) < 4.78 is 19.3. The van der Waals surface area contributed by atoms with Gasteiger partial charge in [0.15, 0.2) is 11.6 Å². The summed E-state index contributed by atoms with van der Waals surface area (Å²) in [7, 11) is 0. The van der Waals surface area contributed by atoms with Gasteiger partial charge >= 0.3 is 0 Å². The maximum atomic E-state index is 13.7. The fourth-order valence-electron chi connectivity index (χ4n) is 3.91. The number of para-hydroxylation sites is 1. The maximum Gasteiger partial charge on any atom is 0.165 e. The van der Waals surface area contributed by atoms with Gasteiger partial charge in [-0.25, -0.2) is 9.37 Å². The summed E-state index contributed by atoms with van der Waals surface area (Å²) in [5.74, 6) is 0.824. The monoisotopic (exact) mass is 404 g/mol. The molecular formula is C22H29FN2O2S. The molecule has 2 aromatic rings. The van der Waals surface area contributed by atoms with Crippen LogP contribution in [0.2, 0.25) is 0 Å². The predicted molar refractivity (Wildman–Crippen MR) is 109 cm³/mol. The second kappa shape index (κ2) is 8.47. The van der Waals surface area contributed by atoms with Crippen LogP contribution in [0.4, 0.5) is 4.39 Å². The van der Waals surface area contributed by atoms with E-state index in [0.717, 1.165) is 53.8 Å². The molecule has 1 aliphatic carbocycles.